The summed E-state index contributed by atoms with van der Waals surface area (Å²) in [6.07, 6.45) is 8.42. The molecular formula is C41H60N10O8. The van der Waals surface area contributed by atoms with E-state index >= 15 is 0 Å². The molecule has 59 heavy (non-hydrogen) atoms. The van der Waals surface area contributed by atoms with E-state index in [1.165, 1.54) is 23.5 Å². The molecule has 1 aliphatic heterocycles. The van der Waals surface area contributed by atoms with Crippen LogP contribution >= 0.6 is 0 Å². The lowest BCUT2D eigenvalue weighted by Crippen LogP contribution is -2.58. The van der Waals surface area contributed by atoms with E-state index in [1.807, 2.05) is 13.8 Å². The molecule has 18 nitrogen and oxygen atoms in total. The average Bonchev–Trinajstić information content (AvgIpc) is 3.71. The predicted molar refractivity (Wildman–Crippen MR) is 217 cm³/mol. The second-order valence-corrected chi connectivity index (χ2v) is 15.4. The topological polar surface area (TPSA) is 253 Å². The van der Waals surface area contributed by atoms with Gasteiger partial charge in [-0.15, -0.1) is 0 Å². The van der Waals surface area contributed by atoms with Crippen LogP contribution in [0.15, 0.2) is 48.9 Å². The van der Waals surface area contributed by atoms with E-state index < -0.39 is 84.2 Å². The van der Waals surface area contributed by atoms with Crippen LogP contribution < -0.4 is 37.2 Å². The van der Waals surface area contributed by atoms with Crippen molar-refractivity contribution in [2.24, 2.45) is 11.8 Å². The van der Waals surface area contributed by atoms with Crippen molar-refractivity contribution < 1.29 is 38.7 Å². The van der Waals surface area contributed by atoms with Gasteiger partial charge in [0.2, 0.25) is 29.5 Å². The van der Waals surface area contributed by atoms with Gasteiger partial charge in [-0.05, 0) is 37.2 Å². The summed E-state index contributed by atoms with van der Waals surface area (Å²) >= 11 is 0. The molecule has 7 atom stereocenters. The third-order valence-electron chi connectivity index (χ3n) is 10.7. The molecule has 0 spiro atoms. The number of nitrogens with one attached hydrogen (secondary N) is 7. The Morgan fingerprint density at radius 1 is 0.847 bits per heavy atom. The van der Waals surface area contributed by atoms with E-state index in [0.29, 0.717) is 24.8 Å². The first-order valence-electron chi connectivity index (χ1n) is 20.5. The predicted octanol–water partition coefficient (Wildman–Crippen LogP) is -0.148. The molecule has 8 N–H and O–H groups in total. The van der Waals surface area contributed by atoms with Crippen molar-refractivity contribution in [1.29, 1.82) is 0 Å². The molecule has 2 aromatic rings. The second kappa shape index (κ2) is 23.2. The van der Waals surface area contributed by atoms with Gasteiger partial charge in [0.05, 0.1) is 30.7 Å². The summed E-state index contributed by atoms with van der Waals surface area (Å²) in [5.41, 5.74) is 0.632. The fraction of sp³-hybridized carbons (Fsp3) is 0.585. The van der Waals surface area contributed by atoms with Crippen LogP contribution in [0, 0.1) is 11.8 Å². The Bertz CT molecular complexity index is 1730. The van der Waals surface area contributed by atoms with Gasteiger partial charge in [0.15, 0.2) is 6.10 Å². The standard InChI is InChI=1S/C41H60N10O8/c1-5-13-28(35(53)40(58)45-24-32(52)49-34(41(59)51(3)4)26-17-11-8-12-18-26)46-36(54)27-21-43-22-30(27)48-37(55)29(14-6-2)47-39(57)33(25-15-9-7-10-16-25)50-38(56)31-23-42-19-20-44-31/h8,11-12,17-20,23,25,27-30,33-35,43,53H,5-7,9-10,13-16,21-22,24H2,1-4H3,(H,45,58)(H,46,54)(H,47,57)(H,48,55)(H,49,52)(H,50,56)/t27-,28+,29+,30+,33+,34+,35?/m1/s1. The van der Waals surface area contributed by atoms with Gasteiger partial charge in [0.1, 0.15) is 23.8 Å². The Balaban J connectivity index is 1.35. The maximum atomic E-state index is 13.8. The molecule has 0 radical (unpaired) electrons. The van der Waals surface area contributed by atoms with Gasteiger partial charge >= 0.3 is 0 Å². The lowest BCUT2D eigenvalue weighted by Gasteiger charge is -2.31. The van der Waals surface area contributed by atoms with E-state index in [9.17, 15) is 38.7 Å². The minimum atomic E-state index is -1.71. The Kier molecular flexibility index (Phi) is 18.2. The first-order chi connectivity index (χ1) is 28.3. The minimum absolute atomic E-state index is 0.0749. The van der Waals surface area contributed by atoms with Gasteiger partial charge in [0, 0.05) is 39.6 Å². The molecule has 18 heteroatoms. The highest BCUT2D eigenvalue weighted by Crippen LogP contribution is 2.27. The Morgan fingerprint density at radius 3 is 2.20 bits per heavy atom. The summed E-state index contributed by atoms with van der Waals surface area (Å²) in [4.78, 5) is 102. The average molecular weight is 821 g/mol. The van der Waals surface area contributed by atoms with Crippen LogP contribution in [-0.4, -0.2) is 125 Å². The smallest absolute Gasteiger partial charge is 0.272 e. The second-order valence-electron chi connectivity index (χ2n) is 15.4. The van der Waals surface area contributed by atoms with Crippen molar-refractivity contribution >= 4 is 41.4 Å². The maximum Gasteiger partial charge on any atom is 0.272 e. The van der Waals surface area contributed by atoms with Crippen molar-refractivity contribution in [2.75, 3.05) is 33.7 Å². The largest absolute Gasteiger partial charge is 0.381 e. The normalized spacial score (nSPS) is 19.1. The third-order valence-corrected chi connectivity index (χ3v) is 10.7. The maximum absolute atomic E-state index is 13.8. The lowest BCUT2D eigenvalue weighted by molar-refractivity contribution is -0.136. The van der Waals surface area contributed by atoms with Gasteiger partial charge in [-0.2, -0.15) is 0 Å². The first kappa shape index (κ1) is 46.2. The summed E-state index contributed by atoms with van der Waals surface area (Å²) in [7, 11) is 3.13. The highest BCUT2D eigenvalue weighted by atomic mass is 16.3. The minimum Gasteiger partial charge on any atom is -0.381 e. The molecule has 7 amide bonds. The molecule has 2 fully saturated rings. The Morgan fingerprint density at radius 2 is 1.56 bits per heavy atom. The fourth-order valence-electron chi connectivity index (χ4n) is 7.47. The molecule has 1 aliphatic carbocycles. The number of hydrogen-bond acceptors (Lipinski definition) is 11. The molecule has 1 saturated carbocycles. The Labute approximate surface area is 345 Å². The highest BCUT2D eigenvalue weighted by Gasteiger charge is 2.39. The van der Waals surface area contributed by atoms with Crippen molar-refractivity contribution in [3.63, 3.8) is 0 Å². The van der Waals surface area contributed by atoms with Gasteiger partial charge in [-0.1, -0.05) is 76.3 Å². The molecule has 1 unspecified atom stereocenters. The number of aromatic nitrogens is 2. The summed E-state index contributed by atoms with van der Waals surface area (Å²) in [5.74, 6) is -4.82. The Hall–Kier alpha value is -5.49. The number of carbonyl (C=O) groups excluding carboxylic acids is 7. The zero-order chi connectivity index (χ0) is 42.9. The zero-order valence-corrected chi connectivity index (χ0v) is 34.4. The fourth-order valence-corrected chi connectivity index (χ4v) is 7.47. The van der Waals surface area contributed by atoms with Crippen LogP contribution in [0.25, 0.3) is 0 Å². The monoisotopic (exact) mass is 820 g/mol. The van der Waals surface area contributed by atoms with Crippen molar-refractivity contribution in [3.8, 4) is 0 Å². The zero-order valence-electron chi connectivity index (χ0n) is 34.4. The van der Waals surface area contributed by atoms with Crippen LogP contribution in [0.2, 0.25) is 0 Å². The van der Waals surface area contributed by atoms with Gasteiger partial charge in [0.25, 0.3) is 11.8 Å². The van der Waals surface area contributed by atoms with Crippen LogP contribution in [0.3, 0.4) is 0 Å². The number of amides is 7. The molecule has 2 heterocycles. The van der Waals surface area contributed by atoms with E-state index in [4.69, 9.17) is 0 Å². The van der Waals surface area contributed by atoms with Crippen molar-refractivity contribution in [1.82, 2.24) is 52.1 Å². The highest BCUT2D eigenvalue weighted by molar-refractivity contribution is 5.97. The molecule has 0 bridgehead atoms. The first-order valence-corrected chi connectivity index (χ1v) is 20.5. The van der Waals surface area contributed by atoms with Crippen LogP contribution in [0.5, 0.6) is 0 Å². The number of rotatable bonds is 20. The van der Waals surface area contributed by atoms with Crippen LogP contribution in [0.4, 0.5) is 0 Å². The molecule has 1 aromatic heterocycles. The summed E-state index contributed by atoms with van der Waals surface area (Å²) in [6, 6.07) is 4.13. The summed E-state index contributed by atoms with van der Waals surface area (Å²) < 4.78 is 0. The molecule has 1 saturated heterocycles. The van der Waals surface area contributed by atoms with Gasteiger partial charge < -0.3 is 47.2 Å². The lowest BCUT2D eigenvalue weighted by atomic mass is 9.83. The number of aliphatic hydroxyl groups excluding tert-OH is 1. The summed E-state index contributed by atoms with van der Waals surface area (Å²) in [5, 5.41) is 30.6. The van der Waals surface area contributed by atoms with E-state index in [2.05, 4.69) is 47.2 Å². The summed E-state index contributed by atoms with van der Waals surface area (Å²) in [6.45, 7) is 3.63. The number of benzene rings is 1. The van der Waals surface area contributed by atoms with Gasteiger partial charge in [-0.3, -0.25) is 38.5 Å². The molecular weight excluding hydrogens is 761 g/mol. The molecule has 1 aromatic carbocycles. The number of likely N-dealkylation sites (N-methyl/N-ethyl adjacent to an activating group) is 1. The van der Waals surface area contributed by atoms with E-state index in [0.717, 1.165) is 32.1 Å². The quantitative estimate of drug-likeness (QED) is 0.0873. The number of carbonyl (C=O) groups is 7. The molecule has 2 aliphatic rings. The number of nitrogens with zero attached hydrogens (tertiary/aromatic N) is 3. The molecule has 322 valence electrons. The third kappa shape index (κ3) is 13.5. The van der Waals surface area contributed by atoms with Crippen molar-refractivity contribution in [3.05, 3.63) is 60.2 Å². The van der Waals surface area contributed by atoms with Crippen LogP contribution in [-0.2, 0) is 28.8 Å². The number of aliphatic hydroxyl groups is 1. The molecule has 4 rings (SSSR count). The van der Waals surface area contributed by atoms with E-state index in [-0.39, 0.29) is 37.0 Å². The SMILES string of the molecule is CCC[C@H](NC(=O)[C@@H](NC(=O)c1cnccn1)C1CCCCC1)C(=O)N[C@H]1CNC[C@H]1C(=O)N[C@@H](CCC)C(O)C(=O)NCC(=O)N[C@H](C(=O)N(C)C)c1ccccc1. The van der Waals surface area contributed by atoms with E-state index in [1.54, 1.807) is 44.4 Å². The van der Waals surface area contributed by atoms with Crippen molar-refractivity contribution in [2.45, 2.75) is 108 Å². The van der Waals surface area contributed by atoms with Crippen LogP contribution in [0.1, 0.15) is 93.7 Å². The number of hydrogen-bond donors (Lipinski definition) is 8. The van der Waals surface area contributed by atoms with Gasteiger partial charge in [-0.25, -0.2) is 4.98 Å².